The molecule has 0 unspecified atom stereocenters. The lowest BCUT2D eigenvalue weighted by molar-refractivity contribution is -0.134. The molecule has 5 heteroatoms. The molecular weight excluding hydrogens is 252 g/mol. The van der Waals surface area contributed by atoms with E-state index in [9.17, 15) is 4.79 Å². The predicted octanol–water partition coefficient (Wildman–Crippen LogP) is 1.29. The van der Waals surface area contributed by atoms with Gasteiger partial charge >= 0.3 is 0 Å². The van der Waals surface area contributed by atoms with Crippen molar-refractivity contribution in [1.29, 1.82) is 0 Å². The second kappa shape index (κ2) is 6.73. The molecule has 1 saturated heterocycles. The Morgan fingerprint density at radius 3 is 2.61 bits per heavy atom. The van der Waals surface area contributed by atoms with Crippen LogP contribution >= 0.6 is 11.6 Å². The van der Waals surface area contributed by atoms with Crippen LogP contribution in [0.1, 0.15) is 5.56 Å². The highest BCUT2D eigenvalue weighted by atomic mass is 35.5. The number of benzene rings is 1. The van der Waals surface area contributed by atoms with Crippen molar-refractivity contribution in [3.05, 3.63) is 34.9 Å². The molecule has 1 amide bonds. The number of amides is 1. The second-order valence-electron chi connectivity index (χ2n) is 4.22. The van der Waals surface area contributed by atoms with Crippen LogP contribution in [0.2, 0.25) is 5.02 Å². The zero-order valence-corrected chi connectivity index (χ0v) is 10.9. The molecule has 1 aliphatic rings. The molecule has 1 aromatic carbocycles. The van der Waals surface area contributed by atoms with Gasteiger partial charge in [-0.25, -0.2) is 0 Å². The first-order valence-corrected chi connectivity index (χ1v) is 6.44. The summed E-state index contributed by atoms with van der Waals surface area (Å²) < 4.78 is 5.21. The van der Waals surface area contributed by atoms with E-state index in [4.69, 9.17) is 16.3 Å². The number of morpholine rings is 1. The Kier molecular flexibility index (Phi) is 4.99. The summed E-state index contributed by atoms with van der Waals surface area (Å²) >= 11 is 5.80. The van der Waals surface area contributed by atoms with Crippen LogP contribution in [0.5, 0.6) is 0 Å². The molecule has 2 rings (SSSR count). The van der Waals surface area contributed by atoms with Crippen LogP contribution in [-0.2, 0) is 16.1 Å². The minimum Gasteiger partial charge on any atom is -0.378 e. The average molecular weight is 269 g/mol. The minimum absolute atomic E-state index is 0.132. The number of hydrogen-bond donors (Lipinski definition) is 1. The van der Waals surface area contributed by atoms with Crippen LogP contribution in [0.15, 0.2) is 24.3 Å². The number of hydrogen-bond acceptors (Lipinski definition) is 3. The van der Waals surface area contributed by atoms with Crippen molar-refractivity contribution in [1.82, 2.24) is 10.2 Å². The normalized spacial score (nSPS) is 15.7. The van der Waals surface area contributed by atoms with Crippen molar-refractivity contribution in [2.45, 2.75) is 6.54 Å². The molecule has 1 fully saturated rings. The molecule has 18 heavy (non-hydrogen) atoms. The molecule has 1 aromatic rings. The van der Waals surface area contributed by atoms with Gasteiger partial charge in [-0.15, -0.1) is 0 Å². The summed E-state index contributed by atoms with van der Waals surface area (Å²) in [5.74, 6) is 0.132. The van der Waals surface area contributed by atoms with E-state index in [-0.39, 0.29) is 5.91 Å². The fraction of sp³-hybridized carbons (Fsp3) is 0.462. The van der Waals surface area contributed by atoms with E-state index in [2.05, 4.69) is 5.32 Å². The summed E-state index contributed by atoms with van der Waals surface area (Å²) in [5.41, 5.74) is 1.12. The first-order valence-electron chi connectivity index (χ1n) is 6.06. The van der Waals surface area contributed by atoms with Crippen molar-refractivity contribution >= 4 is 17.5 Å². The Morgan fingerprint density at radius 2 is 1.94 bits per heavy atom. The molecule has 0 radical (unpaired) electrons. The van der Waals surface area contributed by atoms with E-state index < -0.39 is 0 Å². The van der Waals surface area contributed by atoms with Gasteiger partial charge in [0.05, 0.1) is 19.8 Å². The van der Waals surface area contributed by atoms with Crippen LogP contribution < -0.4 is 5.32 Å². The summed E-state index contributed by atoms with van der Waals surface area (Å²) in [5, 5.41) is 3.87. The molecular formula is C13H17ClN2O2. The van der Waals surface area contributed by atoms with E-state index in [1.165, 1.54) is 0 Å². The average Bonchev–Trinajstić information content (AvgIpc) is 2.42. The maximum Gasteiger partial charge on any atom is 0.236 e. The highest BCUT2D eigenvalue weighted by Crippen LogP contribution is 2.09. The van der Waals surface area contributed by atoms with Crippen molar-refractivity contribution in [2.75, 3.05) is 32.8 Å². The maximum atomic E-state index is 11.8. The van der Waals surface area contributed by atoms with Gasteiger partial charge in [0, 0.05) is 24.7 Å². The van der Waals surface area contributed by atoms with E-state index in [0.717, 1.165) is 10.6 Å². The van der Waals surface area contributed by atoms with Crippen LogP contribution in [0.3, 0.4) is 0 Å². The molecule has 0 atom stereocenters. The van der Waals surface area contributed by atoms with Gasteiger partial charge in [-0.3, -0.25) is 4.79 Å². The van der Waals surface area contributed by atoms with Crippen LogP contribution in [0.4, 0.5) is 0 Å². The number of carbonyl (C=O) groups excluding carboxylic acids is 1. The lowest BCUT2D eigenvalue weighted by atomic mass is 10.2. The van der Waals surface area contributed by atoms with Gasteiger partial charge in [-0.05, 0) is 17.7 Å². The van der Waals surface area contributed by atoms with Gasteiger partial charge in [0.1, 0.15) is 0 Å². The third-order valence-corrected chi connectivity index (χ3v) is 3.13. The van der Waals surface area contributed by atoms with E-state index >= 15 is 0 Å². The molecule has 0 bridgehead atoms. The highest BCUT2D eigenvalue weighted by molar-refractivity contribution is 6.30. The van der Waals surface area contributed by atoms with E-state index in [1.54, 1.807) is 0 Å². The molecule has 0 saturated carbocycles. The zero-order valence-electron chi connectivity index (χ0n) is 10.2. The van der Waals surface area contributed by atoms with Crippen molar-refractivity contribution < 1.29 is 9.53 Å². The fourth-order valence-corrected chi connectivity index (χ4v) is 1.97. The van der Waals surface area contributed by atoms with Crippen molar-refractivity contribution in [2.24, 2.45) is 0 Å². The molecule has 1 aliphatic heterocycles. The maximum absolute atomic E-state index is 11.8. The molecule has 1 heterocycles. The number of halogens is 1. The van der Waals surface area contributed by atoms with Gasteiger partial charge in [-0.2, -0.15) is 0 Å². The van der Waals surface area contributed by atoms with Gasteiger partial charge in [-0.1, -0.05) is 23.7 Å². The Bertz CT molecular complexity index is 388. The number of rotatable bonds is 4. The first-order chi connectivity index (χ1) is 8.75. The molecule has 98 valence electrons. The topological polar surface area (TPSA) is 41.6 Å². The number of carbonyl (C=O) groups is 1. The number of nitrogens with one attached hydrogen (secondary N) is 1. The summed E-state index contributed by atoms with van der Waals surface area (Å²) in [6, 6.07) is 7.60. The molecule has 0 aromatic heterocycles. The Balaban J connectivity index is 1.71. The monoisotopic (exact) mass is 268 g/mol. The lowest BCUT2D eigenvalue weighted by Gasteiger charge is -2.26. The van der Waals surface area contributed by atoms with Crippen molar-refractivity contribution in [3.8, 4) is 0 Å². The summed E-state index contributed by atoms with van der Waals surface area (Å²) in [7, 11) is 0. The van der Waals surface area contributed by atoms with Crippen molar-refractivity contribution in [3.63, 3.8) is 0 Å². The smallest absolute Gasteiger partial charge is 0.236 e. The Morgan fingerprint density at radius 1 is 1.28 bits per heavy atom. The van der Waals surface area contributed by atoms with E-state index in [0.29, 0.717) is 39.4 Å². The van der Waals surface area contributed by atoms with E-state index in [1.807, 2.05) is 29.2 Å². The third kappa shape index (κ3) is 3.98. The molecule has 0 aliphatic carbocycles. The molecule has 1 N–H and O–H groups in total. The van der Waals surface area contributed by atoms with Gasteiger partial charge in [0.15, 0.2) is 0 Å². The standard InChI is InChI=1S/C13H17ClN2O2/c14-12-3-1-11(2-4-12)9-15-10-13(17)16-5-7-18-8-6-16/h1-4,15H,5-10H2. The molecule has 4 nitrogen and oxygen atoms in total. The van der Waals surface area contributed by atoms with Crippen LogP contribution in [0, 0.1) is 0 Å². The minimum atomic E-state index is 0.132. The van der Waals surface area contributed by atoms with Gasteiger partial charge < -0.3 is 15.0 Å². The van der Waals surface area contributed by atoms with Gasteiger partial charge in [0.25, 0.3) is 0 Å². The summed E-state index contributed by atoms with van der Waals surface area (Å²) in [6.07, 6.45) is 0. The number of ether oxygens (including phenoxy) is 1. The third-order valence-electron chi connectivity index (χ3n) is 2.88. The number of nitrogens with zero attached hydrogens (tertiary/aromatic N) is 1. The summed E-state index contributed by atoms with van der Waals surface area (Å²) in [4.78, 5) is 13.7. The van der Waals surface area contributed by atoms with Gasteiger partial charge in [0.2, 0.25) is 5.91 Å². The highest BCUT2D eigenvalue weighted by Gasteiger charge is 2.15. The van der Waals surface area contributed by atoms with Crippen LogP contribution in [0.25, 0.3) is 0 Å². The largest absolute Gasteiger partial charge is 0.378 e. The quantitative estimate of drug-likeness (QED) is 0.895. The Hall–Kier alpha value is -1.10. The lowest BCUT2D eigenvalue weighted by Crippen LogP contribution is -2.44. The SMILES string of the molecule is O=C(CNCc1ccc(Cl)cc1)N1CCOCC1. The molecule has 0 spiro atoms. The zero-order chi connectivity index (χ0) is 12.8. The summed E-state index contributed by atoms with van der Waals surface area (Å²) in [6.45, 7) is 3.71. The fourth-order valence-electron chi connectivity index (χ4n) is 1.84. The first kappa shape index (κ1) is 13.3. The second-order valence-corrected chi connectivity index (χ2v) is 4.66. The Labute approximate surface area is 112 Å². The predicted molar refractivity (Wildman–Crippen MR) is 70.6 cm³/mol. The van der Waals surface area contributed by atoms with Crippen LogP contribution in [-0.4, -0.2) is 43.7 Å².